The highest BCUT2D eigenvalue weighted by molar-refractivity contribution is 5.96. The number of Topliss-reactive ketones (excluding diaryl/α,β-unsaturated/α-hetero) is 1. The molecule has 2 aromatic rings. The van der Waals surface area contributed by atoms with E-state index in [0.29, 0.717) is 25.1 Å². The van der Waals surface area contributed by atoms with Crippen molar-refractivity contribution >= 4 is 5.78 Å². The first-order valence-electron chi connectivity index (χ1n) is 6.15. The maximum Gasteiger partial charge on any atom is 0.164 e. The van der Waals surface area contributed by atoms with Crippen LogP contribution in [-0.4, -0.2) is 24.3 Å². The number of carbonyl (C=O) groups is 1. The number of carbonyl (C=O) groups excluding carboxylic acids is 1. The van der Waals surface area contributed by atoms with Gasteiger partial charge >= 0.3 is 0 Å². The van der Waals surface area contributed by atoms with Crippen molar-refractivity contribution in [3.05, 3.63) is 59.8 Å². The van der Waals surface area contributed by atoms with Gasteiger partial charge in [0.25, 0.3) is 0 Å². The molecule has 0 bridgehead atoms. The number of hydrogen-bond acceptors (Lipinski definition) is 3. The molecule has 100 valence electrons. The predicted molar refractivity (Wildman–Crippen MR) is 70.4 cm³/mol. The Bertz CT molecular complexity index is 537. The van der Waals surface area contributed by atoms with E-state index in [1.54, 1.807) is 18.4 Å². The second kappa shape index (κ2) is 6.29. The Kier molecular flexibility index (Phi) is 4.47. The van der Waals surface area contributed by atoms with Gasteiger partial charge in [-0.2, -0.15) is 0 Å². The van der Waals surface area contributed by atoms with Gasteiger partial charge in [-0.3, -0.25) is 9.69 Å². The highest BCUT2D eigenvalue weighted by Gasteiger charge is 2.09. The van der Waals surface area contributed by atoms with Gasteiger partial charge in [-0.1, -0.05) is 12.1 Å². The van der Waals surface area contributed by atoms with Crippen molar-refractivity contribution in [3.63, 3.8) is 0 Å². The summed E-state index contributed by atoms with van der Waals surface area (Å²) in [5, 5.41) is 0. The smallest absolute Gasteiger partial charge is 0.164 e. The van der Waals surface area contributed by atoms with Crippen LogP contribution in [0.3, 0.4) is 0 Å². The molecule has 0 radical (unpaired) electrons. The van der Waals surface area contributed by atoms with Gasteiger partial charge in [-0.25, -0.2) is 4.39 Å². The van der Waals surface area contributed by atoms with Gasteiger partial charge in [0.2, 0.25) is 0 Å². The minimum Gasteiger partial charge on any atom is -0.468 e. The van der Waals surface area contributed by atoms with Gasteiger partial charge in [0.1, 0.15) is 11.6 Å². The largest absolute Gasteiger partial charge is 0.468 e. The van der Waals surface area contributed by atoms with E-state index in [1.807, 2.05) is 24.1 Å². The molecule has 0 aliphatic heterocycles. The summed E-state index contributed by atoms with van der Waals surface area (Å²) in [6, 6.07) is 9.52. The summed E-state index contributed by atoms with van der Waals surface area (Å²) in [6.45, 7) is 1.26. The van der Waals surface area contributed by atoms with E-state index in [4.69, 9.17) is 4.42 Å². The average Bonchev–Trinajstić information content (AvgIpc) is 2.88. The average molecular weight is 261 g/mol. The minimum absolute atomic E-state index is 0.0502. The van der Waals surface area contributed by atoms with Crippen LogP contribution in [-0.2, 0) is 6.54 Å². The molecule has 0 atom stereocenters. The fraction of sp³-hybridized carbons (Fsp3) is 0.267. The van der Waals surface area contributed by atoms with Gasteiger partial charge in [0.05, 0.1) is 12.8 Å². The zero-order chi connectivity index (χ0) is 13.7. The van der Waals surface area contributed by atoms with E-state index in [2.05, 4.69) is 0 Å². The SMILES string of the molecule is CN(CCC(=O)c1cccc(F)c1)Cc1ccco1. The van der Waals surface area contributed by atoms with E-state index in [-0.39, 0.29) is 11.6 Å². The summed E-state index contributed by atoms with van der Waals surface area (Å²) in [4.78, 5) is 13.9. The number of nitrogens with zero attached hydrogens (tertiary/aromatic N) is 1. The molecule has 0 aliphatic carbocycles. The molecule has 1 aromatic carbocycles. The van der Waals surface area contributed by atoms with Crippen LogP contribution in [0.2, 0.25) is 0 Å². The lowest BCUT2D eigenvalue weighted by Gasteiger charge is -2.14. The molecule has 0 amide bonds. The third-order valence-corrected chi connectivity index (χ3v) is 2.87. The molecule has 2 rings (SSSR count). The van der Waals surface area contributed by atoms with Gasteiger partial charge < -0.3 is 4.42 Å². The van der Waals surface area contributed by atoms with Crippen LogP contribution in [0.1, 0.15) is 22.5 Å². The number of ketones is 1. The standard InChI is InChI=1S/C15H16FNO2/c1-17(11-14-6-3-9-19-14)8-7-15(18)12-4-2-5-13(16)10-12/h2-6,9-10H,7-8,11H2,1H3. The van der Waals surface area contributed by atoms with E-state index in [9.17, 15) is 9.18 Å². The lowest BCUT2D eigenvalue weighted by molar-refractivity contribution is 0.0966. The number of benzene rings is 1. The quantitative estimate of drug-likeness (QED) is 0.749. The summed E-state index contributed by atoms with van der Waals surface area (Å²) in [5.41, 5.74) is 0.423. The Balaban J connectivity index is 1.83. The van der Waals surface area contributed by atoms with Gasteiger partial charge in [0, 0.05) is 18.5 Å². The zero-order valence-electron chi connectivity index (χ0n) is 10.8. The van der Waals surface area contributed by atoms with Crippen LogP contribution >= 0.6 is 0 Å². The molecule has 0 N–H and O–H groups in total. The Morgan fingerprint density at radius 2 is 2.16 bits per heavy atom. The van der Waals surface area contributed by atoms with Crippen LogP contribution < -0.4 is 0 Å². The Morgan fingerprint density at radius 1 is 1.32 bits per heavy atom. The van der Waals surface area contributed by atoms with Crippen molar-refractivity contribution in [1.29, 1.82) is 0 Å². The number of rotatable bonds is 6. The number of halogens is 1. The summed E-state index contributed by atoms with van der Waals surface area (Å²) in [7, 11) is 1.92. The first-order chi connectivity index (χ1) is 9.15. The van der Waals surface area contributed by atoms with E-state index in [0.717, 1.165) is 5.76 Å². The third kappa shape index (κ3) is 4.03. The molecule has 0 saturated carbocycles. The van der Waals surface area contributed by atoms with Crippen LogP contribution in [0.15, 0.2) is 47.1 Å². The molecule has 1 aromatic heterocycles. The number of hydrogen-bond donors (Lipinski definition) is 0. The maximum absolute atomic E-state index is 13.0. The Morgan fingerprint density at radius 3 is 2.84 bits per heavy atom. The second-order valence-corrected chi connectivity index (χ2v) is 4.50. The van der Waals surface area contributed by atoms with Crippen molar-refractivity contribution in [2.24, 2.45) is 0 Å². The highest BCUT2D eigenvalue weighted by atomic mass is 19.1. The topological polar surface area (TPSA) is 33.5 Å². The monoisotopic (exact) mass is 261 g/mol. The van der Waals surface area contributed by atoms with Crippen LogP contribution in [0.4, 0.5) is 4.39 Å². The van der Waals surface area contributed by atoms with Crippen LogP contribution in [0, 0.1) is 5.82 Å². The van der Waals surface area contributed by atoms with Crippen molar-refractivity contribution in [3.8, 4) is 0 Å². The predicted octanol–water partition coefficient (Wildman–Crippen LogP) is 3.12. The Labute approximate surface area is 111 Å². The molecule has 4 heteroatoms. The molecule has 0 unspecified atom stereocenters. The van der Waals surface area contributed by atoms with Gasteiger partial charge in [-0.15, -0.1) is 0 Å². The number of furan rings is 1. The molecule has 3 nitrogen and oxygen atoms in total. The zero-order valence-corrected chi connectivity index (χ0v) is 10.8. The molecule has 0 aliphatic rings. The molecular weight excluding hydrogens is 245 g/mol. The highest BCUT2D eigenvalue weighted by Crippen LogP contribution is 2.08. The van der Waals surface area contributed by atoms with Crippen molar-refractivity contribution in [2.45, 2.75) is 13.0 Å². The van der Waals surface area contributed by atoms with Crippen molar-refractivity contribution in [1.82, 2.24) is 4.90 Å². The maximum atomic E-state index is 13.0. The van der Waals surface area contributed by atoms with Crippen LogP contribution in [0.25, 0.3) is 0 Å². The third-order valence-electron chi connectivity index (χ3n) is 2.87. The first kappa shape index (κ1) is 13.5. The normalized spacial score (nSPS) is 10.9. The minimum atomic E-state index is -0.380. The summed E-state index contributed by atoms with van der Waals surface area (Å²) in [5.74, 6) is 0.432. The van der Waals surface area contributed by atoms with E-state index >= 15 is 0 Å². The van der Waals surface area contributed by atoms with Crippen LogP contribution in [0.5, 0.6) is 0 Å². The van der Waals surface area contributed by atoms with Gasteiger partial charge in [0.15, 0.2) is 5.78 Å². The summed E-state index contributed by atoms with van der Waals surface area (Å²) in [6.07, 6.45) is 1.99. The Hall–Kier alpha value is -1.94. The van der Waals surface area contributed by atoms with E-state index in [1.165, 1.54) is 12.1 Å². The first-order valence-corrected chi connectivity index (χ1v) is 6.15. The van der Waals surface area contributed by atoms with Crippen molar-refractivity contribution in [2.75, 3.05) is 13.6 Å². The summed E-state index contributed by atoms with van der Waals surface area (Å²) >= 11 is 0. The fourth-order valence-corrected chi connectivity index (χ4v) is 1.85. The lowest BCUT2D eigenvalue weighted by atomic mass is 10.1. The molecule has 19 heavy (non-hydrogen) atoms. The lowest BCUT2D eigenvalue weighted by Crippen LogP contribution is -2.21. The molecule has 0 fully saturated rings. The second-order valence-electron chi connectivity index (χ2n) is 4.50. The van der Waals surface area contributed by atoms with E-state index < -0.39 is 0 Å². The molecule has 0 spiro atoms. The molecular formula is C15H16FNO2. The molecule has 1 heterocycles. The summed E-state index contributed by atoms with van der Waals surface area (Å²) < 4.78 is 18.2. The van der Waals surface area contributed by atoms with Gasteiger partial charge in [-0.05, 0) is 31.3 Å². The fourth-order valence-electron chi connectivity index (χ4n) is 1.85. The van der Waals surface area contributed by atoms with Crippen molar-refractivity contribution < 1.29 is 13.6 Å². The molecule has 0 saturated heterocycles.